The smallest absolute Gasteiger partial charge is 0.223 e. The zero-order valence-electron chi connectivity index (χ0n) is 14.8. The first-order valence-electron chi connectivity index (χ1n) is 8.06. The molecule has 0 fully saturated rings. The molecule has 7 heteroatoms. The molecule has 0 radical (unpaired) electrons. The molecule has 0 bridgehead atoms. The van der Waals surface area contributed by atoms with Gasteiger partial charge in [-0.25, -0.2) is 9.97 Å². The Kier molecular flexibility index (Phi) is 3.38. The summed E-state index contributed by atoms with van der Waals surface area (Å²) in [6, 6.07) is 3.74. The van der Waals surface area contributed by atoms with Gasteiger partial charge in [0.1, 0.15) is 0 Å². The lowest BCUT2D eigenvalue weighted by Gasteiger charge is -2.07. The van der Waals surface area contributed by atoms with E-state index in [0.717, 1.165) is 28.0 Å². The highest BCUT2D eigenvalue weighted by atomic mass is 16.5. The highest BCUT2D eigenvalue weighted by molar-refractivity contribution is 5.84. The predicted octanol–water partition coefficient (Wildman–Crippen LogP) is 3.41. The van der Waals surface area contributed by atoms with E-state index in [1.165, 1.54) is 11.1 Å². The molecule has 0 aliphatic heterocycles. The number of hydrogen-bond donors (Lipinski definition) is 0. The Balaban J connectivity index is 1.94. The molecule has 0 saturated carbocycles. The number of pyridine rings is 2. The summed E-state index contributed by atoms with van der Waals surface area (Å²) in [6.45, 7) is 9.97. The third-order valence-electron chi connectivity index (χ3n) is 4.54. The maximum Gasteiger partial charge on any atom is 0.223 e. The van der Waals surface area contributed by atoms with E-state index >= 15 is 0 Å². The fourth-order valence-corrected chi connectivity index (χ4v) is 3.01. The first-order valence-corrected chi connectivity index (χ1v) is 8.06. The van der Waals surface area contributed by atoms with Crippen molar-refractivity contribution in [2.75, 3.05) is 0 Å². The average Bonchev–Trinajstić information content (AvgIpc) is 3.17. The first-order chi connectivity index (χ1) is 12.0. The van der Waals surface area contributed by atoms with Crippen molar-refractivity contribution in [3.63, 3.8) is 0 Å². The number of nitrogens with zero attached hydrogens (tertiary/aromatic N) is 6. The van der Waals surface area contributed by atoms with Crippen LogP contribution in [0.25, 0.3) is 28.2 Å². The lowest BCUT2D eigenvalue weighted by Crippen LogP contribution is -2.02. The van der Waals surface area contributed by atoms with Gasteiger partial charge in [0, 0.05) is 29.8 Å². The highest BCUT2D eigenvalue weighted by Gasteiger charge is 2.17. The number of aromatic nitrogens is 6. The van der Waals surface area contributed by atoms with Crippen molar-refractivity contribution < 1.29 is 4.52 Å². The van der Waals surface area contributed by atoms with Crippen LogP contribution in [0.15, 0.2) is 22.9 Å². The van der Waals surface area contributed by atoms with Crippen LogP contribution in [0.3, 0.4) is 0 Å². The van der Waals surface area contributed by atoms with Gasteiger partial charge in [0.15, 0.2) is 11.5 Å². The highest BCUT2D eigenvalue weighted by Crippen LogP contribution is 2.27. The molecule has 0 N–H and O–H groups in total. The lowest BCUT2D eigenvalue weighted by molar-refractivity contribution is 0.394. The maximum absolute atomic E-state index is 5.07. The van der Waals surface area contributed by atoms with Crippen molar-refractivity contribution in [1.82, 2.24) is 29.9 Å². The largest absolute Gasteiger partial charge is 0.339 e. The third kappa shape index (κ3) is 2.39. The van der Waals surface area contributed by atoms with E-state index in [-0.39, 0.29) is 0 Å². The van der Waals surface area contributed by atoms with E-state index in [9.17, 15) is 0 Å². The zero-order chi connectivity index (χ0) is 17.7. The summed E-state index contributed by atoms with van der Waals surface area (Å²) < 4.78 is 6.85. The first kappa shape index (κ1) is 15.4. The van der Waals surface area contributed by atoms with Gasteiger partial charge in [-0.2, -0.15) is 14.8 Å². The lowest BCUT2D eigenvalue weighted by atomic mass is 10.1. The summed E-state index contributed by atoms with van der Waals surface area (Å²) >= 11 is 0. The summed E-state index contributed by atoms with van der Waals surface area (Å²) in [5, 5.41) is 9.71. The molecule has 0 amide bonds. The molecule has 0 atom stereocenters. The Morgan fingerprint density at radius 3 is 2.48 bits per heavy atom. The summed E-state index contributed by atoms with van der Waals surface area (Å²) in [5.74, 6) is 1.73. The van der Waals surface area contributed by atoms with E-state index in [0.29, 0.717) is 17.5 Å². The Bertz CT molecular complexity index is 1110. The Labute approximate surface area is 144 Å². The van der Waals surface area contributed by atoms with Gasteiger partial charge in [0.05, 0.1) is 5.69 Å². The second-order valence-electron chi connectivity index (χ2n) is 6.18. The van der Waals surface area contributed by atoms with Crippen molar-refractivity contribution in [2.24, 2.45) is 0 Å². The molecule has 0 aliphatic carbocycles. The van der Waals surface area contributed by atoms with E-state index < -0.39 is 0 Å². The molecule has 0 saturated heterocycles. The van der Waals surface area contributed by atoms with Gasteiger partial charge in [0.25, 0.3) is 0 Å². The molecule has 0 unspecified atom stereocenters. The van der Waals surface area contributed by atoms with Crippen LogP contribution in [0.2, 0.25) is 0 Å². The summed E-state index contributed by atoms with van der Waals surface area (Å²) in [6.07, 6.45) is 1.72. The maximum atomic E-state index is 5.07. The summed E-state index contributed by atoms with van der Waals surface area (Å²) in [7, 11) is 0. The molecule has 0 aromatic carbocycles. The van der Waals surface area contributed by atoms with Gasteiger partial charge in [-0.1, -0.05) is 5.16 Å². The minimum Gasteiger partial charge on any atom is -0.339 e. The minimum absolute atomic E-state index is 0.525. The number of hydrogen-bond acceptors (Lipinski definition) is 6. The third-order valence-corrected chi connectivity index (χ3v) is 4.54. The van der Waals surface area contributed by atoms with E-state index in [4.69, 9.17) is 9.51 Å². The molecule has 4 aromatic rings. The number of fused-ring (bicyclic) bond motifs is 1. The van der Waals surface area contributed by atoms with Crippen LogP contribution in [-0.4, -0.2) is 29.9 Å². The molecule has 0 aliphatic rings. The van der Waals surface area contributed by atoms with E-state index in [2.05, 4.69) is 34.1 Å². The van der Waals surface area contributed by atoms with Crippen LogP contribution < -0.4 is 0 Å². The van der Waals surface area contributed by atoms with Crippen LogP contribution >= 0.6 is 0 Å². The number of rotatable bonds is 2. The van der Waals surface area contributed by atoms with E-state index in [1.54, 1.807) is 17.8 Å². The SMILES string of the molecule is Cc1nc(-c2ccnc(-n3nc(C)c4c(C)c(C)c(C)nc43)c2)no1. The Hall–Kier alpha value is -3.09. The molecule has 7 nitrogen and oxygen atoms in total. The van der Waals surface area contributed by atoms with Crippen LogP contribution in [0.4, 0.5) is 0 Å². The van der Waals surface area contributed by atoms with Crippen molar-refractivity contribution >= 4 is 11.0 Å². The van der Waals surface area contributed by atoms with Gasteiger partial charge >= 0.3 is 0 Å². The topological polar surface area (TPSA) is 82.5 Å². The molecular weight excluding hydrogens is 316 g/mol. The predicted molar refractivity (Wildman–Crippen MR) is 93.6 cm³/mol. The van der Waals surface area contributed by atoms with Crippen molar-refractivity contribution in [3.8, 4) is 17.2 Å². The fraction of sp³-hybridized carbons (Fsp3) is 0.278. The Morgan fingerprint density at radius 1 is 0.960 bits per heavy atom. The molecule has 0 spiro atoms. The van der Waals surface area contributed by atoms with Gasteiger partial charge in [-0.15, -0.1) is 0 Å². The van der Waals surface area contributed by atoms with Crippen LogP contribution in [0.5, 0.6) is 0 Å². The molecular formula is C18H18N6O. The molecule has 126 valence electrons. The molecule has 4 heterocycles. The van der Waals surface area contributed by atoms with Gasteiger partial charge < -0.3 is 4.52 Å². The van der Waals surface area contributed by atoms with Gasteiger partial charge in [-0.3, -0.25) is 0 Å². The fourth-order valence-electron chi connectivity index (χ4n) is 3.01. The van der Waals surface area contributed by atoms with Crippen molar-refractivity contribution in [3.05, 3.63) is 46.7 Å². The minimum atomic E-state index is 0.525. The zero-order valence-corrected chi connectivity index (χ0v) is 14.8. The van der Waals surface area contributed by atoms with Crippen LogP contribution in [-0.2, 0) is 0 Å². The van der Waals surface area contributed by atoms with Crippen LogP contribution in [0.1, 0.15) is 28.4 Å². The second kappa shape index (κ2) is 5.47. The average molecular weight is 334 g/mol. The van der Waals surface area contributed by atoms with E-state index in [1.807, 2.05) is 26.0 Å². The molecule has 4 rings (SSSR count). The normalized spacial score (nSPS) is 11.4. The van der Waals surface area contributed by atoms with Crippen molar-refractivity contribution in [2.45, 2.75) is 34.6 Å². The van der Waals surface area contributed by atoms with Crippen molar-refractivity contribution in [1.29, 1.82) is 0 Å². The number of aryl methyl sites for hydroxylation is 4. The van der Waals surface area contributed by atoms with Crippen LogP contribution in [0, 0.1) is 34.6 Å². The summed E-state index contributed by atoms with van der Waals surface area (Å²) in [4.78, 5) is 13.5. The standard InChI is InChI=1S/C18H18N6O/c1-9-10(2)16-12(4)22-24(18(16)20-11(9)3)15-8-14(6-7-19-15)17-21-13(5)25-23-17/h6-8H,1-5H3. The Morgan fingerprint density at radius 2 is 1.76 bits per heavy atom. The van der Waals surface area contributed by atoms with Gasteiger partial charge in [0.2, 0.25) is 11.7 Å². The second-order valence-corrected chi connectivity index (χ2v) is 6.18. The molecule has 4 aromatic heterocycles. The summed E-state index contributed by atoms with van der Waals surface area (Å²) in [5.41, 5.74) is 5.97. The van der Waals surface area contributed by atoms with Gasteiger partial charge in [-0.05, 0) is 51.0 Å². The monoisotopic (exact) mass is 334 g/mol. The quantitative estimate of drug-likeness (QED) is 0.559. The molecule has 25 heavy (non-hydrogen) atoms.